The first-order valence-corrected chi connectivity index (χ1v) is 4.08. The highest BCUT2D eigenvalue weighted by Gasteiger charge is 2.12. The second-order valence-electron chi connectivity index (χ2n) is 2.17. The Labute approximate surface area is 81.5 Å². The van der Waals surface area contributed by atoms with Gasteiger partial charge in [0.05, 0.1) is 9.13 Å². The molecule has 3 N–H and O–H groups in total. The molecule has 0 aromatic heterocycles. The van der Waals surface area contributed by atoms with Gasteiger partial charge in [0.1, 0.15) is 5.82 Å². The van der Waals surface area contributed by atoms with Gasteiger partial charge < -0.3 is 10.8 Å². The molecule has 5 heteroatoms. The number of carbonyl (C=O) groups is 1. The van der Waals surface area contributed by atoms with E-state index in [9.17, 15) is 9.18 Å². The molecule has 0 amide bonds. The van der Waals surface area contributed by atoms with Crippen molar-refractivity contribution in [2.45, 2.75) is 0 Å². The van der Waals surface area contributed by atoms with Crippen LogP contribution in [0.4, 0.5) is 10.1 Å². The van der Waals surface area contributed by atoms with E-state index in [1.54, 1.807) is 22.6 Å². The molecule has 0 saturated carbocycles. The number of carboxylic acids is 1. The number of rotatable bonds is 1. The maximum absolute atomic E-state index is 12.8. The predicted octanol–water partition coefficient (Wildman–Crippen LogP) is 1.71. The molecule has 0 aliphatic carbocycles. The molecular formula is C7H5FINO2. The zero-order valence-electron chi connectivity index (χ0n) is 5.84. The fraction of sp³-hybridized carbons (Fsp3) is 0. The molecule has 0 fully saturated rings. The van der Waals surface area contributed by atoms with E-state index in [1.165, 1.54) is 6.07 Å². The molecule has 0 heterocycles. The average molecular weight is 281 g/mol. The van der Waals surface area contributed by atoms with Crippen LogP contribution in [0.3, 0.4) is 0 Å². The quantitative estimate of drug-likeness (QED) is 0.608. The van der Waals surface area contributed by atoms with Gasteiger partial charge in [-0.05, 0) is 34.7 Å². The number of nitrogen functional groups attached to an aromatic ring is 1. The summed E-state index contributed by atoms with van der Waals surface area (Å²) >= 11 is 1.63. The lowest BCUT2D eigenvalue weighted by atomic mass is 10.2. The zero-order chi connectivity index (χ0) is 9.30. The predicted molar refractivity (Wildman–Crippen MR) is 50.5 cm³/mol. The first-order chi connectivity index (χ1) is 5.52. The van der Waals surface area contributed by atoms with E-state index in [1.807, 2.05) is 0 Å². The van der Waals surface area contributed by atoms with Gasteiger partial charge in [-0.1, -0.05) is 0 Å². The fourth-order valence-electron chi connectivity index (χ4n) is 0.766. The highest BCUT2D eigenvalue weighted by Crippen LogP contribution is 2.19. The molecule has 1 aromatic carbocycles. The number of anilines is 1. The lowest BCUT2D eigenvalue weighted by molar-refractivity contribution is 0.0695. The van der Waals surface area contributed by atoms with E-state index in [0.29, 0.717) is 0 Å². The smallest absolute Gasteiger partial charge is 0.336 e. The summed E-state index contributed by atoms with van der Waals surface area (Å²) in [5, 5.41) is 8.59. The van der Waals surface area contributed by atoms with E-state index in [4.69, 9.17) is 10.8 Å². The van der Waals surface area contributed by atoms with Crippen LogP contribution in [0, 0.1) is 9.39 Å². The van der Waals surface area contributed by atoms with Crippen LogP contribution in [0.25, 0.3) is 0 Å². The molecule has 0 radical (unpaired) electrons. The van der Waals surface area contributed by atoms with Crippen LogP contribution in [0.1, 0.15) is 10.4 Å². The minimum atomic E-state index is -1.18. The summed E-state index contributed by atoms with van der Waals surface area (Å²) in [7, 11) is 0. The van der Waals surface area contributed by atoms with Gasteiger partial charge in [-0.2, -0.15) is 0 Å². The summed E-state index contributed by atoms with van der Waals surface area (Å²) in [5.74, 6) is -1.78. The van der Waals surface area contributed by atoms with Crippen LogP contribution < -0.4 is 5.73 Å². The Kier molecular flexibility index (Phi) is 2.51. The Morgan fingerprint density at radius 2 is 2.17 bits per heavy atom. The minimum Gasteiger partial charge on any atom is -0.478 e. The van der Waals surface area contributed by atoms with Crippen molar-refractivity contribution in [2.24, 2.45) is 0 Å². The summed E-state index contributed by atoms with van der Waals surface area (Å²) < 4.78 is 12.9. The highest BCUT2D eigenvalue weighted by molar-refractivity contribution is 14.1. The number of halogens is 2. The molecular weight excluding hydrogens is 276 g/mol. The second-order valence-corrected chi connectivity index (χ2v) is 3.25. The van der Waals surface area contributed by atoms with Crippen molar-refractivity contribution >= 4 is 34.2 Å². The Morgan fingerprint density at radius 1 is 1.58 bits per heavy atom. The Balaban J connectivity index is 3.37. The first kappa shape index (κ1) is 9.24. The number of benzene rings is 1. The monoisotopic (exact) mass is 281 g/mol. The van der Waals surface area contributed by atoms with Crippen molar-refractivity contribution in [1.82, 2.24) is 0 Å². The summed E-state index contributed by atoms with van der Waals surface area (Å²) in [6, 6.07) is 2.32. The highest BCUT2D eigenvalue weighted by atomic mass is 127. The van der Waals surface area contributed by atoms with E-state index < -0.39 is 11.8 Å². The van der Waals surface area contributed by atoms with Crippen molar-refractivity contribution in [3.8, 4) is 0 Å². The second kappa shape index (κ2) is 3.26. The third-order valence-electron chi connectivity index (χ3n) is 1.28. The van der Waals surface area contributed by atoms with Crippen LogP contribution in [-0.4, -0.2) is 11.1 Å². The Morgan fingerprint density at radius 3 is 2.67 bits per heavy atom. The Hall–Kier alpha value is -0.850. The van der Waals surface area contributed by atoms with E-state index in [0.717, 1.165) is 6.07 Å². The van der Waals surface area contributed by atoms with Crippen LogP contribution in [0.5, 0.6) is 0 Å². The number of nitrogens with two attached hydrogens (primary N) is 1. The third-order valence-corrected chi connectivity index (χ3v) is 2.38. The van der Waals surface area contributed by atoms with Gasteiger partial charge >= 0.3 is 5.97 Å². The maximum atomic E-state index is 12.8. The number of aromatic carboxylic acids is 1. The molecule has 1 aromatic rings. The van der Waals surface area contributed by atoms with E-state index >= 15 is 0 Å². The summed E-state index contributed by atoms with van der Waals surface area (Å²) in [4.78, 5) is 10.5. The van der Waals surface area contributed by atoms with Gasteiger partial charge in [0, 0.05) is 5.69 Å². The minimum absolute atomic E-state index is 0.0781. The SMILES string of the molecule is Nc1cc(F)c(I)c(C(=O)O)c1. The van der Waals surface area contributed by atoms with Gasteiger partial charge in [0.15, 0.2) is 0 Å². The average Bonchev–Trinajstić information content (AvgIpc) is 1.96. The normalized spacial score (nSPS) is 9.83. The third kappa shape index (κ3) is 1.66. The van der Waals surface area contributed by atoms with Gasteiger partial charge in [0.2, 0.25) is 0 Å². The molecule has 0 atom stereocenters. The topological polar surface area (TPSA) is 63.3 Å². The van der Waals surface area contributed by atoms with Crippen LogP contribution in [-0.2, 0) is 0 Å². The van der Waals surface area contributed by atoms with Crippen molar-refractivity contribution in [2.75, 3.05) is 5.73 Å². The van der Waals surface area contributed by atoms with Crippen molar-refractivity contribution in [3.05, 3.63) is 27.1 Å². The van der Waals surface area contributed by atoms with Gasteiger partial charge in [-0.3, -0.25) is 0 Å². The largest absolute Gasteiger partial charge is 0.478 e. The van der Waals surface area contributed by atoms with Crippen molar-refractivity contribution < 1.29 is 14.3 Å². The molecule has 0 bridgehead atoms. The van der Waals surface area contributed by atoms with E-state index in [-0.39, 0.29) is 14.8 Å². The summed E-state index contributed by atoms with van der Waals surface area (Å²) in [5.41, 5.74) is 5.27. The maximum Gasteiger partial charge on any atom is 0.336 e. The molecule has 0 spiro atoms. The number of hydrogen-bond donors (Lipinski definition) is 2. The first-order valence-electron chi connectivity index (χ1n) is 3.00. The number of hydrogen-bond acceptors (Lipinski definition) is 2. The molecule has 0 aliphatic heterocycles. The van der Waals surface area contributed by atoms with Gasteiger partial charge in [-0.25, -0.2) is 9.18 Å². The summed E-state index contributed by atoms with van der Waals surface area (Å²) in [6.07, 6.45) is 0. The lowest BCUT2D eigenvalue weighted by Gasteiger charge is -2.01. The van der Waals surface area contributed by atoms with Gasteiger partial charge in [0.25, 0.3) is 0 Å². The molecule has 12 heavy (non-hydrogen) atoms. The van der Waals surface area contributed by atoms with Crippen molar-refractivity contribution in [1.29, 1.82) is 0 Å². The summed E-state index contributed by atoms with van der Waals surface area (Å²) in [6.45, 7) is 0. The zero-order valence-corrected chi connectivity index (χ0v) is 8.00. The standard InChI is InChI=1S/C7H5FINO2/c8-5-2-3(10)1-4(6(5)9)7(11)12/h1-2H,10H2,(H,11,12). The molecule has 3 nitrogen and oxygen atoms in total. The molecule has 0 unspecified atom stereocenters. The van der Waals surface area contributed by atoms with Crippen LogP contribution in [0.15, 0.2) is 12.1 Å². The van der Waals surface area contributed by atoms with Gasteiger partial charge in [-0.15, -0.1) is 0 Å². The molecule has 0 aliphatic rings. The molecule has 1 rings (SSSR count). The van der Waals surface area contributed by atoms with Crippen LogP contribution >= 0.6 is 22.6 Å². The van der Waals surface area contributed by atoms with Crippen LogP contribution in [0.2, 0.25) is 0 Å². The molecule has 0 saturated heterocycles. The van der Waals surface area contributed by atoms with E-state index in [2.05, 4.69) is 0 Å². The van der Waals surface area contributed by atoms with Crippen molar-refractivity contribution in [3.63, 3.8) is 0 Å². The Bertz CT molecular complexity index is 340. The lowest BCUT2D eigenvalue weighted by Crippen LogP contribution is -2.03. The molecule has 64 valence electrons. The number of carboxylic acid groups (broad SMARTS) is 1. The fourth-order valence-corrected chi connectivity index (χ4v) is 1.31.